The van der Waals surface area contributed by atoms with Gasteiger partial charge in [-0.1, -0.05) is 25.1 Å². The third-order valence-corrected chi connectivity index (χ3v) is 6.37. The molecule has 1 aromatic rings. The Labute approximate surface area is 150 Å². The minimum Gasteiger partial charge on any atom is -0.494 e. The van der Waals surface area contributed by atoms with E-state index in [0.717, 1.165) is 31.4 Å². The van der Waals surface area contributed by atoms with Crippen molar-refractivity contribution in [3.63, 3.8) is 0 Å². The molecule has 4 unspecified atom stereocenters. The van der Waals surface area contributed by atoms with Gasteiger partial charge in [0.05, 0.1) is 6.61 Å². The molecule has 0 bridgehead atoms. The molecule has 1 saturated heterocycles. The van der Waals surface area contributed by atoms with E-state index in [1.165, 1.54) is 24.9 Å². The standard InChI is InChI=1S/C21H28N2O2/c1-15-5-3-12-23(15)13-4-14-25-18-8-6-17(7-9-18)21-11-10-19(24)22-20(21)16(21)2/h6-11,15-16,20H,3-5,12-14H2,1-2H3,(H,22,24). The summed E-state index contributed by atoms with van der Waals surface area (Å²) in [6.45, 7) is 7.65. The molecule has 2 fully saturated rings. The van der Waals surface area contributed by atoms with Gasteiger partial charge in [0.1, 0.15) is 5.75 Å². The van der Waals surface area contributed by atoms with E-state index in [-0.39, 0.29) is 17.4 Å². The van der Waals surface area contributed by atoms with Crippen LogP contribution in [0.15, 0.2) is 36.4 Å². The lowest BCUT2D eigenvalue weighted by atomic mass is 9.91. The van der Waals surface area contributed by atoms with Crippen molar-refractivity contribution >= 4 is 5.91 Å². The average molecular weight is 340 g/mol. The molecule has 1 saturated carbocycles. The maximum absolute atomic E-state index is 11.5. The SMILES string of the molecule is CC1CCCN1CCCOc1ccc(C23C=CC(=O)NC2C3C)cc1. The molecule has 25 heavy (non-hydrogen) atoms. The number of likely N-dealkylation sites (tertiary alicyclic amines) is 1. The lowest BCUT2D eigenvalue weighted by Crippen LogP contribution is -2.33. The van der Waals surface area contributed by atoms with Gasteiger partial charge in [-0.05, 0) is 62.4 Å². The van der Waals surface area contributed by atoms with Crippen LogP contribution in [0, 0.1) is 5.92 Å². The van der Waals surface area contributed by atoms with E-state index >= 15 is 0 Å². The average Bonchev–Trinajstić information content (AvgIpc) is 2.98. The number of hydrogen-bond acceptors (Lipinski definition) is 3. The van der Waals surface area contributed by atoms with Crippen LogP contribution in [0.2, 0.25) is 0 Å². The lowest BCUT2D eigenvalue weighted by Gasteiger charge is -2.21. The van der Waals surface area contributed by atoms with Gasteiger partial charge in [-0.25, -0.2) is 0 Å². The summed E-state index contributed by atoms with van der Waals surface area (Å²) in [4.78, 5) is 14.1. The number of carbonyl (C=O) groups excluding carboxylic acids is 1. The normalized spacial score (nSPS) is 33.8. The predicted octanol–water partition coefficient (Wildman–Crippen LogP) is 2.88. The van der Waals surface area contributed by atoms with Gasteiger partial charge >= 0.3 is 0 Å². The molecule has 2 aliphatic heterocycles. The third-order valence-electron chi connectivity index (χ3n) is 6.37. The second-order valence-electron chi connectivity index (χ2n) is 7.79. The van der Waals surface area contributed by atoms with E-state index in [4.69, 9.17) is 4.74 Å². The molecular weight excluding hydrogens is 312 g/mol. The first kappa shape index (κ1) is 16.6. The quantitative estimate of drug-likeness (QED) is 0.810. The third kappa shape index (κ3) is 2.97. The van der Waals surface area contributed by atoms with Crippen molar-refractivity contribution in [2.24, 2.45) is 5.92 Å². The summed E-state index contributed by atoms with van der Waals surface area (Å²) in [5, 5.41) is 3.07. The molecule has 4 heteroatoms. The van der Waals surface area contributed by atoms with E-state index in [1.54, 1.807) is 6.08 Å². The molecule has 0 radical (unpaired) electrons. The Balaban J connectivity index is 1.31. The number of nitrogens with zero attached hydrogens (tertiary/aromatic N) is 1. The summed E-state index contributed by atoms with van der Waals surface area (Å²) in [6.07, 6.45) is 7.49. The van der Waals surface area contributed by atoms with Crippen LogP contribution in [0.25, 0.3) is 0 Å². The summed E-state index contributed by atoms with van der Waals surface area (Å²) in [5.74, 6) is 1.41. The topological polar surface area (TPSA) is 41.6 Å². The van der Waals surface area contributed by atoms with Gasteiger partial charge in [-0.15, -0.1) is 0 Å². The van der Waals surface area contributed by atoms with Gasteiger partial charge in [0.25, 0.3) is 0 Å². The summed E-state index contributed by atoms with van der Waals surface area (Å²) < 4.78 is 5.92. The zero-order chi connectivity index (χ0) is 17.4. The van der Waals surface area contributed by atoms with Gasteiger partial charge in [0.15, 0.2) is 0 Å². The first-order valence-electron chi connectivity index (χ1n) is 9.58. The van der Waals surface area contributed by atoms with Crippen molar-refractivity contribution in [2.75, 3.05) is 19.7 Å². The minimum absolute atomic E-state index is 0.0155. The molecular formula is C21H28N2O2. The van der Waals surface area contributed by atoms with Gasteiger partial charge in [-0.2, -0.15) is 0 Å². The van der Waals surface area contributed by atoms with Crippen LogP contribution in [-0.2, 0) is 10.2 Å². The van der Waals surface area contributed by atoms with E-state index in [9.17, 15) is 4.79 Å². The number of ether oxygens (including phenoxy) is 1. The van der Waals surface area contributed by atoms with Crippen molar-refractivity contribution in [1.29, 1.82) is 0 Å². The Morgan fingerprint density at radius 2 is 2.08 bits per heavy atom. The molecule has 4 rings (SSSR count). The molecule has 1 aliphatic carbocycles. The van der Waals surface area contributed by atoms with Gasteiger partial charge < -0.3 is 15.0 Å². The number of nitrogens with one attached hydrogen (secondary N) is 1. The number of carbonyl (C=O) groups is 1. The molecule has 4 atom stereocenters. The number of fused-ring (bicyclic) bond motifs is 1. The van der Waals surface area contributed by atoms with Crippen LogP contribution in [0.1, 0.15) is 38.7 Å². The number of amides is 1. The lowest BCUT2D eigenvalue weighted by molar-refractivity contribution is -0.117. The largest absolute Gasteiger partial charge is 0.494 e. The molecule has 3 aliphatic rings. The minimum atomic E-state index is -0.0155. The van der Waals surface area contributed by atoms with Crippen molar-refractivity contribution < 1.29 is 9.53 Å². The van der Waals surface area contributed by atoms with Crippen LogP contribution in [0.3, 0.4) is 0 Å². The Bertz CT molecular complexity index is 669. The van der Waals surface area contributed by atoms with Gasteiger partial charge in [0, 0.05) is 24.0 Å². The number of benzene rings is 1. The first-order chi connectivity index (χ1) is 12.1. The van der Waals surface area contributed by atoms with Crippen LogP contribution >= 0.6 is 0 Å². The summed E-state index contributed by atoms with van der Waals surface area (Å²) in [6, 6.07) is 9.39. The zero-order valence-corrected chi connectivity index (χ0v) is 15.2. The van der Waals surface area contributed by atoms with Crippen LogP contribution in [0.5, 0.6) is 5.75 Å². The molecule has 2 heterocycles. The Kier molecular flexibility index (Phi) is 4.32. The molecule has 4 nitrogen and oxygen atoms in total. The highest BCUT2D eigenvalue weighted by Crippen LogP contribution is 2.56. The highest BCUT2D eigenvalue weighted by Gasteiger charge is 2.63. The van der Waals surface area contributed by atoms with E-state index in [1.807, 2.05) is 0 Å². The van der Waals surface area contributed by atoms with Crippen molar-refractivity contribution in [2.45, 2.75) is 50.6 Å². The monoisotopic (exact) mass is 340 g/mol. The zero-order valence-electron chi connectivity index (χ0n) is 15.2. The maximum atomic E-state index is 11.5. The molecule has 0 spiro atoms. The van der Waals surface area contributed by atoms with Crippen LogP contribution < -0.4 is 10.1 Å². The fourth-order valence-corrected chi connectivity index (χ4v) is 4.66. The van der Waals surface area contributed by atoms with E-state index in [0.29, 0.717) is 5.92 Å². The van der Waals surface area contributed by atoms with Crippen LogP contribution in [0.4, 0.5) is 0 Å². The Morgan fingerprint density at radius 1 is 1.28 bits per heavy atom. The Morgan fingerprint density at radius 3 is 2.76 bits per heavy atom. The molecule has 0 aromatic heterocycles. The molecule has 1 aromatic carbocycles. The first-order valence-corrected chi connectivity index (χ1v) is 9.58. The number of hydrogen-bond donors (Lipinski definition) is 1. The second kappa shape index (κ2) is 6.49. The summed E-state index contributed by atoms with van der Waals surface area (Å²) in [7, 11) is 0. The second-order valence-corrected chi connectivity index (χ2v) is 7.79. The maximum Gasteiger partial charge on any atom is 0.243 e. The summed E-state index contributed by atoms with van der Waals surface area (Å²) in [5.41, 5.74) is 1.25. The highest BCUT2D eigenvalue weighted by atomic mass is 16.5. The fraction of sp³-hybridized carbons (Fsp3) is 0.571. The number of rotatable bonds is 6. The molecule has 134 valence electrons. The summed E-state index contributed by atoms with van der Waals surface area (Å²) >= 11 is 0. The van der Waals surface area contributed by atoms with E-state index < -0.39 is 0 Å². The fourth-order valence-electron chi connectivity index (χ4n) is 4.66. The predicted molar refractivity (Wildman–Crippen MR) is 98.7 cm³/mol. The van der Waals surface area contributed by atoms with E-state index in [2.05, 4.69) is 54.4 Å². The smallest absolute Gasteiger partial charge is 0.243 e. The van der Waals surface area contributed by atoms with Gasteiger partial charge in [0.2, 0.25) is 5.91 Å². The van der Waals surface area contributed by atoms with Crippen molar-refractivity contribution in [3.05, 3.63) is 42.0 Å². The molecule has 1 amide bonds. The highest BCUT2D eigenvalue weighted by molar-refractivity contribution is 5.91. The van der Waals surface area contributed by atoms with Gasteiger partial charge in [-0.3, -0.25) is 4.79 Å². The van der Waals surface area contributed by atoms with Crippen molar-refractivity contribution in [3.8, 4) is 5.75 Å². The Hall–Kier alpha value is -1.81. The van der Waals surface area contributed by atoms with Crippen molar-refractivity contribution in [1.82, 2.24) is 10.2 Å². The molecule has 1 N–H and O–H groups in total. The van der Waals surface area contributed by atoms with Crippen LogP contribution in [-0.4, -0.2) is 42.6 Å².